The fourth-order valence-corrected chi connectivity index (χ4v) is 2.17. The molecule has 0 saturated carbocycles. The van der Waals surface area contributed by atoms with Crippen LogP contribution < -0.4 is 14.6 Å². The molecule has 0 unspecified atom stereocenters. The molecule has 0 bridgehead atoms. The molecule has 2 N–H and O–H groups in total. The van der Waals surface area contributed by atoms with Crippen molar-refractivity contribution in [3.63, 3.8) is 0 Å². The molecule has 1 aliphatic rings. The average Bonchev–Trinajstić information content (AvgIpc) is 2.63. The maximum atomic E-state index is 11.3. The summed E-state index contributed by atoms with van der Waals surface area (Å²) >= 11 is 0. The average molecular weight is 240 g/mol. The number of hydrogen-bond donors (Lipinski definition) is 1. The summed E-state index contributed by atoms with van der Waals surface area (Å²) < 4.78 is 32.7. The zero-order valence-electron chi connectivity index (χ0n) is 8.13. The van der Waals surface area contributed by atoms with Crippen molar-refractivity contribution < 1.29 is 17.9 Å². The summed E-state index contributed by atoms with van der Waals surface area (Å²) in [5.74, 6) is 0.418. The number of ether oxygens (including phenoxy) is 2. The van der Waals surface area contributed by atoms with Crippen LogP contribution in [0.3, 0.4) is 0 Å². The second-order valence-corrected chi connectivity index (χ2v) is 4.74. The van der Waals surface area contributed by atoms with Crippen LogP contribution in [-0.2, 0) is 16.4 Å². The number of fused-ring (bicyclic) bond motifs is 1. The lowest BCUT2D eigenvalue weighted by atomic mass is 10.1. The zero-order valence-corrected chi connectivity index (χ0v) is 8.95. The smallest absolute Gasteiger partial charge is 0.241 e. The Bertz CT molecular complexity index is 574. The number of nitrogens with zero attached hydrogens (tertiary/aromatic N) is 1. The molecule has 84 valence electrons. The molecule has 2 rings (SSSR count). The first-order valence-corrected chi connectivity index (χ1v) is 5.89. The highest BCUT2D eigenvalue weighted by Crippen LogP contribution is 2.38. The van der Waals surface area contributed by atoms with Crippen molar-refractivity contribution in [2.24, 2.45) is 5.14 Å². The van der Waals surface area contributed by atoms with E-state index in [2.05, 4.69) is 0 Å². The molecule has 0 aliphatic carbocycles. The van der Waals surface area contributed by atoms with Gasteiger partial charge in [-0.2, -0.15) is 5.26 Å². The summed E-state index contributed by atoms with van der Waals surface area (Å²) in [6, 6.07) is 4.82. The minimum absolute atomic E-state index is 0.0478. The van der Waals surface area contributed by atoms with E-state index in [1.165, 1.54) is 6.07 Å². The summed E-state index contributed by atoms with van der Waals surface area (Å²) in [5, 5.41) is 13.6. The van der Waals surface area contributed by atoms with E-state index in [9.17, 15) is 8.42 Å². The molecule has 1 aliphatic heterocycles. The van der Waals surface area contributed by atoms with Crippen LogP contribution in [0.25, 0.3) is 0 Å². The molecular weight excluding hydrogens is 232 g/mol. The highest BCUT2D eigenvalue weighted by molar-refractivity contribution is 7.89. The van der Waals surface area contributed by atoms with E-state index in [1.807, 2.05) is 6.07 Å². The topological polar surface area (TPSA) is 102 Å². The Kier molecular flexibility index (Phi) is 2.46. The van der Waals surface area contributed by atoms with Crippen LogP contribution in [0.2, 0.25) is 0 Å². The predicted octanol–water partition coefficient (Wildman–Crippen LogP) is 0.129. The van der Waals surface area contributed by atoms with Crippen molar-refractivity contribution in [3.8, 4) is 17.6 Å². The lowest BCUT2D eigenvalue weighted by Gasteiger charge is -2.05. The van der Waals surface area contributed by atoms with E-state index in [0.717, 1.165) is 0 Å². The van der Waals surface area contributed by atoms with Gasteiger partial charge >= 0.3 is 0 Å². The second kappa shape index (κ2) is 3.66. The van der Waals surface area contributed by atoms with Crippen molar-refractivity contribution in [3.05, 3.63) is 17.7 Å². The van der Waals surface area contributed by atoms with Crippen LogP contribution in [0.4, 0.5) is 0 Å². The lowest BCUT2D eigenvalue weighted by molar-refractivity contribution is 0.172. The van der Waals surface area contributed by atoms with Gasteiger partial charge in [0.25, 0.3) is 0 Å². The summed E-state index contributed by atoms with van der Waals surface area (Å²) in [4.78, 5) is -0.146. The van der Waals surface area contributed by atoms with Gasteiger partial charge in [-0.1, -0.05) is 0 Å². The number of benzene rings is 1. The Morgan fingerprint density at radius 2 is 2.19 bits per heavy atom. The third kappa shape index (κ3) is 1.80. The number of hydrogen-bond acceptors (Lipinski definition) is 5. The fourth-order valence-electron chi connectivity index (χ4n) is 1.44. The van der Waals surface area contributed by atoms with Crippen LogP contribution in [0.15, 0.2) is 17.0 Å². The number of rotatable bonds is 2. The monoisotopic (exact) mass is 240 g/mol. The highest BCUT2D eigenvalue weighted by Gasteiger charge is 2.25. The normalized spacial score (nSPS) is 13.5. The van der Waals surface area contributed by atoms with E-state index in [4.69, 9.17) is 19.9 Å². The van der Waals surface area contributed by atoms with Crippen molar-refractivity contribution >= 4 is 10.0 Å². The first-order valence-electron chi connectivity index (χ1n) is 4.34. The standard InChI is InChI=1S/C9H8N2O4S/c10-2-1-6-3-7-9(15-5-14-7)8(4-6)16(11,12)13/h3-4H,1,5H2,(H2,11,12,13). The van der Waals surface area contributed by atoms with Gasteiger partial charge in [0.1, 0.15) is 4.90 Å². The van der Waals surface area contributed by atoms with Crippen LogP contribution >= 0.6 is 0 Å². The largest absolute Gasteiger partial charge is 0.454 e. The van der Waals surface area contributed by atoms with Gasteiger partial charge in [-0.25, -0.2) is 13.6 Å². The first kappa shape index (κ1) is 10.7. The van der Waals surface area contributed by atoms with Gasteiger partial charge in [0, 0.05) is 0 Å². The minimum atomic E-state index is -3.88. The van der Waals surface area contributed by atoms with Gasteiger partial charge < -0.3 is 9.47 Å². The number of primary sulfonamides is 1. The van der Waals surface area contributed by atoms with Gasteiger partial charge in [0.2, 0.25) is 16.8 Å². The maximum absolute atomic E-state index is 11.3. The maximum Gasteiger partial charge on any atom is 0.241 e. The molecular formula is C9H8N2O4S. The lowest BCUT2D eigenvalue weighted by Crippen LogP contribution is -2.13. The van der Waals surface area contributed by atoms with E-state index in [-0.39, 0.29) is 23.9 Å². The molecule has 0 spiro atoms. The minimum Gasteiger partial charge on any atom is -0.454 e. The summed E-state index contributed by atoms with van der Waals surface area (Å²) in [6.45, 7) is -0.0478. The Balaban J connectivity index is 2.64. The molecule has 0 radical (unpaired) electrons. The van der Waals surface area contributed by atoms with Crippen molar-refractivity contribution in [2.75, 3.05) is 6.79 Å². The Morgan fingerprint density at radius 3 is 2.81 bits per heavy atom. The molecule has 1 aromatic carbocycles. The molecule has 1 heterocycles. The van der Waals surface area contributed by atoms with Gasteiger partial charge in [-0.15, -0.1) is 0 Å². The van der Waals surface area contributed by atoms with Gasteiger partial charge in [0.15, 0.2) is 11.5 Å². The van der Waals surface area contributed by atoms with Gasteiger partial charge in [-0.05, 0) is 17.7 Å². The molecule has 0 atom stereocenters. The molecule has 16 heavy (non-hydrogen) atoms. The number of nitrogens with two attached hydrogens (primary N) is 1. The van der Waals surface area contributed by atoms with E-state index in [1.54, 1.807) is 6.07 Å². The number of nitriles is 1. The van der Waals surface area contributed by atoms with Crippen LogP contribution in [-0.4, -0.2) is 15.2 Å². The molecule has 0 amide bonds. The Hall–Kier alpha value is -1.78. The van der Waals surface area contributed by atoms with Crippen molar-refractivity contribution in [2.45, 2.75) is 11.3 Å². The second-order valence-electron chi connectivity index (χ2n) is 3.21. The van der Waals surface area contributed by atoms with Gasteiger partial charge in [0.05, 0.1) is 12.5 Å². The molecule has 6 nitrogen and oxygen atoms in total. The molecule has 0 fully saturated rings. The number of sulfonamides is 1. The fraction of sp³-hybridized carbons (Fsp3) is 0.222. The van der Waals surface area contributed by atoms with Crippen LogP contribution in [0.5, 0.6) is 11.5 Å². The molecule has 7 heteroatoms. The predicted molar refractivity (Wildman–Crippen MR) is 53.3 cm³/mol. The Morgan fingerprint density at radius 1 is 1.44 bits per heavy atom. The third-order valence-electron chi connectivity index (χ3n) is 2.09. The quantitative estimate of drug-likeness (QED) is 0.791. The highest BCUT2D eigenvalue weighted by atomic mass is 32.2. The van der Waals surface area contributed by atoms with Gasteiger partial charge in [-0.3, -0.25) is 0 Å². The molecule has 0 saturated heterocycles. The SMILES string of the molecule is N#CCc1cc2c(c(S(N)(=O)=O)c1)OCO2. The van der Waals surface area contributed by atoms with E-state index < -0.39 is 10.0 Å². The van der Waals surface area contributed by atoms with E-state index in [0.29, 0.717) is 11.3 Å². The van der Waals surface area contributed by atoms with Crippen LogP contribution in [0, 0.1) is 11.3 Å². The van der Waals surface area contributed by atoms with Crippen molar-refractivity contribution in [1.82, 2.24) is 0 Å². The third-order valence-corrected chi connectivity index (χ3v) is 3.00. The van der Waals surface area contributed by atoms with Crippen LogP contribution in [0.1, 0.15) is 5.56 Å². The zero-order chi connectivity index (χ0) is 11.8. The van der Waals surface area contributed by atoms with E-state index >= 15 is 0 Å². The summed E-state index contributed by atoms with van der Waals surface area (Å²) in [5.41, 5.74) is 0.524. The summed E-state index contributed by atoms with van der Waals surface area (Å²) in [6.07, 6.45) is 0.0825. The molecule has 0 aromatic heterocycles. The first-order chi connectivity index (χ1) is 7.52. The van der Waals surface area contributed by atoms with Crippen molar-refractivity contribution in [1.29, 1.82) is 5.26 Å². The Labute approximate surface area is 92.2 Å². The summed E-state index contributed by atoms with van der Waals surface area (Å²) in [7, 11) is -3.88. The molecule has 1 aromatic rings.